The molecule has 2 saturated heterocycles. The fraction of sp³-hybridized carbons (Fsp3) is 0.983. The lowest BCUT2D eigenvalue weighted by Gasteiger charge is -2.07. The molecule has 2 N–H and O–H groups in total. The Hall–Kier alpha value is 0.0900. The van der Waals surface area contributed by atoms with Crippen LogP contribution in [0.5, 0.6) is 0 Å². The standard InChI is InChI=1S/C14H30.C13H26O.C13H28O.C10H22.C4H8O.C3H6O2.CH2Cl2/c1-4-6-7-8-9-10-11-12-13-14(3)5-2;1-3-4-5-6-7-8-9-10-11-13(2)12-14;1-3-5-6-7-8-9-10-11-12-13(14)4-2;1-3-5-7-9-10-8-6-4-2;1-2-4-3-5-4;4-1-3-2-5-3;2-1-3/h14H,4-13H2,1-3H3;12-13H,3-11H2,1-2H3;13-14H,3-12H2,1-2H3;3-10H2,1-2H3;4H,2-3H2,1H3;3-4H,1-2H2;1H2. The predicted octanol–water partition coefficient (Wildman–Crippen LogP) is 19.9. The molecule has 0 aromatic rings. The third-order valence-corrected chi connectivity index (χ3v) is 12.3. The van der Waals surface area contributed by atoms with Crippen LogP contribution in [-0.4, -0.2) is 60.0 Å². The van der Waals surface area contributed by atoms with E-state index in [0.717, 1.165) is 44.7 Å². The fourth-order valence-electron chi connectivity index (χ4n) is 6.90. The van der Waals surface area contributed by atoms with E-state index in [1.807, 2.05) is 6.92 Å². The van der Waals surface area contributed by atoms with Crippen LogP contribution in [0.15, 0.2) is 0 Å². The van der Waals surface area contributed by atoms with Crippen LogP contribution in [0.1, 0.15) is 313 Å². The molecule has 0 aromatic heterocycles. The normalized spacial score (nSPS) is 15.5. The summed E-state index contributed by atoms with van der Waals surface area (Å²) >= 11 is 9.53. The van der Waals surface area contributed by atoms with Crippen molar-refractivity contribution < 1.29 is 24.5 Å². The molecular weight excluding hydrogens is 848 g/mol. The van der Waals surface area contributed by atoms with Gasteiger partial charge in [0.15, 0.2) is 0 Å². The number of hydrogen-bond donors (Lipinski definition) is 2. The Morgan fingerprint density at radius 1 is 0.462 bits per heavy atom. The van der Waals surface area contributed by atoms with E-state index in [-0.39, 0.29) is 30.1 Å². The summed E-state index contributed by atoms with van der Waals surface area (Å²) in [5.41, 5.74) is 0. The zero-order valence-corrected chi connectivity index (χ0v) is 47.5. The van der Waals surface area contributed by atoms with Crippen molar-refractivity contribution in [3.63, 3.8) is 0 Å². The minimum absolute atomic E-state index is 0.0462. The summed E-state index contributed by atoms with van der Waals surface area (Å²) in [7, 11) is 0. The van der Waals surface area contributed by atoms with E-state index in [4.69, 9.17) is 33.0 Å². The molecule has 0 aromatic carbocycles. The minimum Gasteiger partial charge on any atom is -0.394 e. The minimum atomic E-state index is -0.0462. The first-order valence-corrected chi connectivity index (χ1v) is 29.8. The summed E-state index contributed by atoms with van der Waals surface area (Å²) < 4.78 is 9.47. The van der Waals surface area contributed by atoms with E-state index in [1.165, 1.54) is 225 Å². The van der Waals surface area contributed by atoms with Crippen LogP contribution in [0.2, 0.25) is 0 Å². The van der Waals surface area contributed by atoms with Gasteiger partial charge in [-0.2, -0.15) is 0 Å². The maximum absolute atomic E-state index is 10.3. The summed E-state index contributed by atoms with van der Waals surface area (Å²) in [5, 5.41) is 17.6. The molecule has 2 aliphatic heterocycles. The van der Waals surface area contributed by atoms with Gasteiger partial charge in [0.2, 0.25) is 0 Å². The lowest BCUT2D eigenvalue weighted by molar-refractivity contribution is -0.110. The molecule has 65 heavy (non-hydrogen) atoms. The van der Waals surface area contributed by atoms with Crippen molar-refractivity contribution in [3.8, 4) is 0 Å². The highest BCUT2D eigenvalue weighted by Crippen LogP contribution is 2.16. The molecule has 2 aliphatic rings. The molecule has 2 rings (SSSR count). The van der Waals surface area contributed by atoms with Gasteiger partial charge in [-0.25, -0.2) is 0 Å². The van der Waals surface area contributed by atoms with Crippen LogP contribution in [0.3, 0.4) is 0 Å². The molecule has 2 heterocycles. The van der Waals surface area contributed by atoms with Gasteiger partial charge in [-0.15, -0.1) is 23.2 Å². The topological polar surface area (TPSA) is 82.6 Å². The Balaban J connectivity index is -0.000000225. The van der Waals surface area contributed by atoms with Crippen molar-refractivity contribution in [2.24, 2.45) is 11.8 Å². The Bertz CT molecular complexity index is 720. The largest absolute Gasteiger partial charge is 0.394 e. The van der Waals surface area contributed by atoms with E-state index in [9.17, 15) is 9.90 Å². The molecule has 5 nitrogen and oxygen atoms in total. The lowest BCUT2D eigenvalue weighted by Crippen LogP contribution is -2.03. The van der Waals surface area contributed by atoms with Gasteiger partial charge in [-0.1, -0.05) is 288 Å². The van der Waals surface area contributed by atoms with Crippen molar-refractivity contribution in [2.75, 3.05) is 25.2 Å². The van der Waals surface area contributed by atoms with E-state index in [2.05, 4.69) is 67.1 Å². The maximum atomic E-state index is 10.3. The number of aldehydes is 1. The van der Waals surface area contributed by atoms with Gasteiger partial charge in [0, 0.05) is 5.92 Å². The first kappa shape index (κ1) is 74.0. The summed E-state index contributed by atoms with van der Waals surface area (Å²) in [6.07, 6.45) is 53.6. The smallest absolute Gasteiger partial charge is 0.122 e. The van der Waals surface area contributed by atoms with Crippen molar-refractivity contribution in [2.45, 2.75) is 332 Å². The number of aliphatic hydroxyl groups is 2. The number of halogens is 2. The van der Waals surface area contributed by atoms with Crippen LogP contribution in [0.4, 0.5) is 0 Å². The van der Waals surface area contributed by atoms with Crippen LogP contribution in [-0.2, 0) is 14.3 Å². The summed E-state index contributed by atoms with van der Waals surface area (Å²) in [6.45, 7) is 24.2. The number of carbonyl (C=O) groups is 1. The number of alkyl halides is 2. The number of hydrogen-bond acceptors (Lipinski definition) is 5. The average Bonchev–Trinajstić information content (AvgIpc) is 4.27. The molecule has 0 aliphatic carbocycles. The molecule has 0 bridgehead atoms. The second-order valence-corrected chi connectivity index (χ2v) is 20.0. The maximum Gasteiger partial charge on any atom is 0.122 e. The van der Waals surface area contributed by atoms with Gasteiger partial charge < -0.3 is 24.5 Å². The van der Waals surface area contributed by atoms with Gasteiger partial charge in [0.25, 0.3) is 0 Å². The second kappa shape index (κ2) is 70.6. The monoisotopic (exact) mass is 969 g/mol. The number of carbonyl (C=O) groups excluding carboxylic acids is 1. The molecule has 398 valence electrons. The van der Waals surface area contributed by atoms with E-state index >= 15 is 0 Å². The Morgan fingerprint density at radius 2 is 0.738 bits per heavy atom. The van der Waals surface area contributed by atoms with E-state index < -0.39 is 0 Å². The molecule has 0 radical (unpaired) electrons. The van der Waals surface area contributed by atoms with Crippen LogP contribution >= 0.6 is 23.2 Å². The first-order valence-electron chi connectivity index (χ1n) is 28.7. The van der Waals surface area contributed by atoms with Crippen LogP contribution in [0, 0.1) is 11.8 Å². The summed E-state index contributed by atoms with van der Waals surface area (Å²) in [6, 6.07) is 0. The Kier molecular flexibility index (Phi) is 80.5. The first-order chi connectivity index (χ1) is 31.6. The highest BCUT2D eigenvalue weighted by molar-refractivity contribution is 6.40. The molecule has 5 unspecified atom stereocenters. The second-order valence-electron chi connectivity index (χ2n) is 19.2. The number of rotatable bonds is 39. The molecular formula is C58H122Cl2O5. The molecule has 7 heteroatoms. The molecule has 5 atom stereocenters. The van der Waals surface area contributed by atoms with Gasteiger partial charge in [0.1, 0.15) is 12.4 Å². The molecule has 2 fully saturated rings. The van der Waals surface area contributed by atoms with Crippen molar-refractivity contribution in [3.05, 3.63) is 0 Å². The number of ether oxygens (including phenoxy) is 2. The highest BCUT2D eigenvalue weighted by atomic mass is 35.5. The number of unbranched alkanes of at least 4 members (excludes halogenated alkanes) is 28. The van der Waals surface area contributed by atoms with Gasteiger partial charge in [-0.3, -0.25) is 0 Å². The highest BCUT2D eigenvalue weighted by Gasteiger charge is 2.20. The summed E-state index contributed by atoms with van der Waals surface area (Å²) in [4.78, 5) is 10.3. The summed E-state index contributed by atoms with van der Waals surface area (Å²) in [5.74, 6) is 1.23. The molecule has 0 saturated carbocycles. The van der Waals surface area contributed by atoms with Gasteiger partial charge in [0.05, 0.1) is 37.4 Å². The number of epoxide rings is 2. The third-order valence-electron chi connectivity index (χ3n) is 12.3. The van der Waals surface area contributed by atoms with Crippen molar-refractivity contribution in [1.29, 1.82) is 0 Å². The van der Waals surface area contributed by atoms with Crippen molar-refractivity contribution >= 4 is 29.5 Å². The lowest BCUT2D eigenvalue weighted by atomic mass is 10.00. The molecule has 0 spiro atoms. The Labute approximate surface area is 420 Å². The van der Waals surface area contributed by atoms with Crippen LogP contribution in [0.25, 0.3) is 0 Å². The van der Waals surface area contributed by atoms with Gasteiger partial charge >= 0.3 is 0 Å². The SMILES string of the molecule is CCC1CO1.CCCCCCCCCC.CCCCCCCCCCC(C)C=O.CCCCCCCCCCC(C)CC.CCCCCCCCCCC(O)CC.ClCCl.OCC1CO1. The van der Waals surface area contributed by atoms with E-state index in [0.29, 0.717) is 6.10 Å². The zero-order valence-electron chi connectivity index (χ0n) is 46.0. The fourth-order valence-corrected chi connectivity index (χ4v) is 6.90. The third kappa shape index (κ3) is 87.7. The molecule has 0 amide bonds. The number of aliphatic hydroxyl groups excluding tert-OH is 2. The quantitative estimate of drug-likeness (QED) is 0.0278. The average molecular weight is 971 g/mol. The Morgan fingerprint density at radius 3 is 0.938 bits per heavy atom. The predicted molar refractivity (Wildman–Crippen MR) is 294 cm³/mol. The van der Waals surface area contributed by atoms with Gasteiger partial charge in [-0.05, 0) is 31.6 Å². The van der Waals surface area contributed by atoms with Crippen molar-refractivity contribution in [1.82, 2.24) is 0 Å². The zero-order chi connectivity index (χ0) is 49.7. The van der Waals surface area contributed by atoms with E-state index in [1.54, 1.807) is 0 Å². The van der Waals surface area contributed by atoms with Crippen LogP contribution < -0.4 is 0 Å².